The van der Waals surface area contributed by atoms with Gasteiger partial charge >= 0.3 is 4.87 Å². The van der Waals surface area contributed by atoms with Crippen molar-refractivity contribution in [2.45, 2.75) is 5.03 Å². The Morgan fingerprint density at radius 1 is 1.19 bits per heavy atom. The van der Waals surface area contributed by atoms with Crippen LogP contribution >= 0.6 is 35.6 Å². The van der Waals surface area contributed by atoms with E-state index >= 15 is 0 Å². The number of rotatable bonds is 1. The number of halogens is 4. The number of fused-ring (bicyclic) bond motifs is 1. The van der Waals surface area contributed by atoms with E-state index in [0.717, 1.165) is 0 Å². The van der Waals surface area contributed by atoms with Crippen LogP contribution < -0.4 is 4.87 Å². The third-order valence-electron chi connectivity index (χ3n) is 2.81. The number of aromatic nitrogens is 1. The topological polar surface area (TPSA) is 69.1 Å². The molecular formula is C11H3ClF3N3OS2. The zero-order valence-corrected chi connectivity index (χ0v) is 12.2. The van der Waals surface area contributed by atoms with Gasteiger partial charge in [-0.05, 0) is 0 Å². The average molecular weight is 350 g/mol. The number of hydrogen-bond acceptors (Lipinski definition) is 4. The lowest BCUT2D eigenvalue weighted by Crippen LogP contribution is -2.09. The van der Waals surface area contributed by atoms with E-state index in [4.69, 9.17) is 17.0 Å². The first-order valence-electron chi connectivity index (χ1n) is 5.29. The molecule has 0 unspecified atom stereocenters. The Balaban J connectivity index is 2.38. The molecule has 2 heterocycles. The predicted octanol–water partition coefficient (Wildman–Crippen LogP) is 2.97. The minimum absolute atomic E-state index is 0.0876. The summed E-state index contributed by atoms with van der Waals surface area (Å²) in [5.74, 6) is -4.92. The number of H-pyrrole nitrogens is 1. The fourth-order valence-corrected chi connectivity index (χ4v) is 3.27. The van der Waals surface area contributed by atoms with Crippen molar-refractivity contribution in [1.82, 2.24) is 4.98 Å². The van der Waals surface area contributed by atoms with Crippen LogP contribution in [0.4, 0.5) is 13.2 Å². The summed E-state index contributed by atoms with van der Waals surface area (Å²) in [6.07, 6.45) is 0. The molecule has 1 aliphatic heterocycles. The van der Waals surface area contributed by atoms with Crippen LogP contribution in [-0.4, -0.2) is 16.5 Å². The SMILES string of the molecule is N=C1N=C(c2sc(=O)[nH]c2S)c2c(F)c(Cl)c(F)c(F)c21. The van der Waals surface area contributed by atoms with Crippen LogP contribution in [0.3, 0.4) is 0 Å². The van der Waals surface area contributed by atoms with Crippen molar-refractivity contribution < 1.29 is 13.2 Å². The molecule has 0 fully saturated rings. The van der Waals surface area contributed by atoms with Gasteiger partial charge in [-0.1, -0.05) is 22.9 Å². The molecule has 10 heteroatoms. The fraction of sp³-hybridized carbons (Fsp3) is 0. The van der Waals surface area contributed by atoms with E-state index < -0.39 is 44.3 Å². The quantitative estimate of drug-likeness (QED) is 0.413. The van der Waals surface area contributed by atoms with Gasteiger partial charge in [0.1, 0.15) is 5.02 Å². The lowest BCUT2D eigenvalue weighted by molar-refractivity contribution is 0.493. The van der Waals surface area contributed by atoms with E-state index in [1.807, 2.05) is 0 Å². The Bertz CT molecular complexity index is 903. The third-order valence-corrected chi connectivity index (χ3v) is 4.52. The number of thiazole rings is 1. The maximum atomic E-state index is 14.2. The average Bonchev–Trinajstić information content (AvgIpc) is 2.93. The summed E-state index contributed by atoms with van der Waals surface area (Å²) < 4.78 is 41.5. The van der Waals surface area contributed by atoms with E-state index in [2.05, 4.69) is 22.6 Å². The third kappa shape index (κ3) is 1.95. The van der Waals surface area contributed by atoms with Crippen molar-refractivity contribution in [2.24, 2.45) is 4.99 Å². The van der Waals surface area contributed by atoms with E-state index in [0.29, 0.717) is 11.3 Å². The molecule has 2 aromatic rings. The molecule has 0 radical (unpaired) electrons. The second kappa shape index (κ2) is 4.72. The normalized spacial score (nSPS) is 13.6. The summed E-state index contributed by atoms with van der Waals surface area (Å²) in [4.78, 5) is 17.0. The summed E-state index contributed by atoms with van der Waals surface area (Å²) >= 11 is 10.1. The van der Waals surface area contributed by atoms with Crippen molar-refractivity contribution in [1.29, 1.82) is 5.41 Å². The van der Waals surface area contributed by atoms with Gasteiger partial charge in [0.25, 0.3) is 0 Å². The van der Waals surface area contributed by atoms with Gasteiger partial charge in [0.05, 0.1) is 26.7 Å². The van der Waals surface area contributed by atoms with Crippen LogP contribution in [-0.2, 0) is 0 Å². The summed E-state index contributed by atoms with van der Waals surface area (Å²) in [7, 11) is 0. The van der Waals surface area contributed by atoms with Gasteiger partial charge in [0.15, 0.2) is 23.3 Å². The number of aromatic amines is 1. The summed E-state index contributed by atoms with van der Waals surface area (Å²) in [5, 5.41) is 6.64. The number of hydrogen-bond donors (Lipinski definition) is 3. The highest BCUT2D eigenvalue weighted by Crippen LogP contribution is 2.35. The van der Waals surface area contributed by atoms with Gasteiger partial charge in [0.2, 0.25) is 0 Å². The van der Waals surface area contributed by atoms with Gasteiger partial charge in [-0.2, -0.15) is 0 Å². The van der Waals surface area contributed by atoms with Crippen molar-refractivity contribution in [2.75, 3.05) is 0 Å². The number of nitrogens with one attached hydrogen (secondary N) is 2. The number of nitrogens with zero attached hydrogens (tertiary/aromatic N) is 1. The van der Waals surface area contributed by atoms with Gasteiger partial charge < -0.3 is 4.98 Å². The molecule has 21 heavy (non-hydrogen) atoms. The van der Waals surface area contributed by atoms with Gasteiger partial charge in [-0.3, -0.25) is 10.2 Å². The number of benzene rings is 1. The molecule has 0 amide bonds. The molecule has 108 valence electrons. The van der Waals surface area contributed by atoms with E-state index in [1.165, 1.54) is 0 Å². The molecule has 1 aliphatic rings. The monoisotopic (exact) mass is 349 g/mol. The van der Waals surface area contributed by atoms with E-state index in [-0.39, 0.29) is 15.6 Å². The zero-order valence-electron chi connectivity index (χ0n) is 9.72. The second-order valence-corrected chi connectivity index (χ2v) is 5.82. The molecule has 4 nitrogen and oxygen atoms in total. The number of thiol groups is 1. The molecule has 1 aromatic carbocycles. The zero-order chi connectivity index (χ0) is 15.5. The van der Waals surface area contributed by atoms with Crippen LogP contribution in [0.2, 0.25) is 5.02 Å². The first kappa shape index (κ1) is 14.4. The first-order valence-corrected chi connectivity index (χ1v) is 6.93. The van der Waals surface area contributed by atoms with E-state index in [9.17, 15) is 18.0 Å². The minimum atomic E-state index is -1.58. The number of aliphatic imine (C=N–C) groups is 1. The van der Waals surface area contributed by atoms with Gasteiger partial charge in [-0.25, -0.2) is 18.2 Å². The van der Waals surface area contributed by atoms with Crippen LogP contribution in [0.1, 0.15) is 16.0 Å². The molecule has 0 spiro atoms. The highest BCUT2D eigenvalue weighted by Gasteiger charge is 2.35. The maximum absolute atomic E-state index is 14.2. The smallest absolute Gasteiger partial charge is 0.305 e. The molecule has 0 aliphatic carbocycles. The fourth-order valence-electron chi connectivity index (χ4n) is 1.94. The molecular weight excluding hydrogens is 347 g/mol. The maximum Gasteiger partial charge on any atom is 0.305 e. The van der Waals surface area contributed by atoms with Crippen molar-refractivity contribution in [3.8, 4) is 0 Å². The Hall–Kier alpha value is -1.58. The molecule has 0 bridgehead atoms. The Kier molecular flexibility index (Phi) is 3.23. The highest BCUT2D eigenvalue weighted by molar-refractivity contribution is 7.80. The lowest BCUT2D eigenvalue weighted by Gasteiger charge is -2.07. The predicted molar refractivity (Wildman–Crippen MR) is 76.0 cm³/mol. The van der Waals surface area contributed by atoms with E-state index in [1.54, 1.807) is 0 Å². The number of amidine groups is 1. The Labute approximate surface area is 129 Å². The molecule has 0 atom stereocenters. The second-order valence-electron chi connectivity index (χ2n) is 4.01. The largest absolute Gasteiger partial charge is 0.307 e. The van der Waals surface area contributed by atoms with Gasteiger partial charge in [-0.15, -0.1) is 12.6 Å². The minimum Gasteiger partial charge on any atom is -0.307 e. The van der Waals surface area contributed by atoms with Crippen molar-refractivity contribution in [3.63, 3.8) is 0 Å². The molecule has 0 saturated carbocycles. The lowest BCUT2D eigenvalue weighted by atomic mass is 10.0. The summed E-state index contributed by atoms with van der Waals surface area (Å²) in [6, 6.07) is 0. The highest BCUT2D eigenvalue weighted by atomic mass is 35.5. The molecule has 1 aromatic heterocycles. The molecule has 2 N–H and O–H groups in total. The Morgan fingerprint density at radius 3 is 2.43 bits per heavy atom. The van der Waals surface area contributed by atoms with Gasteiger partial charge in [0, 0.05) is 0 Å². The summed E-state index contributed by atoms with van der Waals surface area (Å²) in [6.45, 7) is 0. The molecule has 3 rings (SSSR count). The van der Waals surface area contributed by atoms with Crippen molar-refractivity contribution in [3.05, 3.63) is 48.1 Å². The van der Waals surface area contributed by atoms with Crippen molar-refractivity contribution >= 4 is 47.1 Å². The van der Waals surface area contributed by atoms with Crippen LogP contribution in [0.25, 0.3) is 0 Å². The Morgan fingerprint density at radius 2 is 1.86 bits per heavy atom. The first-order chi connectivity index (χ1) is 9.82. The van der Waals surface area contributed by atoms with Crippen LogP contribution in [0, 0.1) is 22.9 Å². The standard InChI is InChI=1S/C11H3ClF3N3OS2/c12-3-4(13)1-2(5(14)6(3)15)9(16)17-7(1)8-10(20)18-11(19)21-8/h16,20H,(H,18,19). The van der Waals surface area contributed by atoms with Crippen LogP contribution in [0.5, 0.6) is 0 Å². The summed E-state index contributed by atoms with van der Waals surface area (Å²) in [5.41, 5.74) is -1.26. The molecule has 0 saturated heterocycles. The van der Waals surface area contributed by atoms with Crippen LogP contribution in [0.15, 0.2) is 14.8 Å².